The molecule has 2 fully saturated rings. The molecule has 0 saturated heterocycles. The van der Waals surface area contributed by atoms with Crippen LogP contribution in [0.5, 0.6) is 0 Å². The Morgan fingerprint density at radius 2 is 1.68 bits per heavy atom. The fraction of sp³-hybridized carbons (Fsp3) is 0.781. The largest absolute Gasteiger partial charge is 0.458 e. The van der Waals surface area contributed by atoms with Gasteiger partial charge in [0.05, 0.1) is 12.2 Å². The van der Waals surface area contributed by atoms with E-state index < -0.39 is 63.7 Å². The van der Waals surface area contributed by atoms with E-state index in [2.05, 4.69) is 6.92 Å². The van der Waals surface area contributed by atoms with Crippen molar-refractivity contribution in [2.75, 3.05) is 6.61 Å². The molecule has 0 aromatic rings. The van der Waals surface area contributed by atoms with Crippen LogP contribution in [-0.4, -0.2) is 62.6 Å². The van der Waals surface area contributed by atoms with Gasteiger partial charge in [-0.2, -0.15) is 0 Å². The maximum absolute atomic E-state index is 13.3. The summed E-state index contributed by atoms with van der Waals surface area (Å²) < 4.78 is 12.2. The van der Waals surface area contributed by atoms with Crippen molar-refractivity contribution in [1.82, 2.24) is 0 Å². The van der Waals surface area contributed by atoms with Crippen molar-refractivity contribution in [2.24, 2.45) is 29.1 Å². The van der Waals surface area contributed by atoms with Crippen molar-refractivity contribution < 1.29 is 39.2 Å². The van der Waals surface area contributed by atoms with E-state index in [1.807, 2.05) is 13.8 Å². The number of fused-ring (bicyclic) bond motifs is 5. The summed E-state index contributed by atoms with van der Waals surface area (Å²) in [6, 6.07) is 0. The van der Waals surface area contributed by atoms with Crippen LogP contribution in [0.2, 0.25) is 0 Å². The van der Waals surface area contributed by atoms with Crippen LogP contribution in [0, 0.1) is 29.1 Å². The lowest BCUT2D eigenvalue weighted by Gasteiger charge is -2.53. The van der Waals surface area contributed by atoms with Gasteiger partial charge in [-0.3, -0.25) is 14.4 Å². The van der Waals surface area contributed by atoms with E-state index in [1.54, 1.807) is 26.0 Å². The van der Waals surface area contributed by atoms with Crippen molar-refractivity contribution in [3.05, 3.63) is 23.3 Å². The second-order valence-corrected chi connectivity index (χ2v) is 13.3. The SMILES string of the molecule is CCCCCCCCCC(=O)O[C@@]12[C@H](OC(C)=O)[C@@H](C)[C@@]3(O)[C@@H](C=C(CO)C[C@]4(O)C(=O)C(C)=C[C@@H]34)[C@H]1C2(C)C. The Labute approximate surface area is 238 Å². The summed E-state index contributed by atoms with van der Waals surface area (Å²) in [6.45, 7) is 10.3. The van der Waals surface area contributed by atoms with Gasteiger partial charge in [0.25, 0.3) is 0 Å². The van der Waals surface area contributed by atoms with Gasteiger partial charge in [-0.25, -0.2) is 0 Å². The molecule has 0 amide bonds. The summed E-state index contributed by atoms with van der Waals surface area (Å²) in [5.41, 5.74) is -4.70. The van der Waals surface area contributed by atoms with E-state index in [-0.39, 0.29) is 25.4 Å². The van der Waals surface area contributed by atoms with E-state index in [0.717, 1.165) is 19.3 Å². The molecule has 0 unspecified atom stereocenters. The van der Waals surface area contributed by atoms with Crippen LogP contribution in [0.3, 0.4) is 0 Å². The molecule has 0 aromatic heterocycles. The zero-order valence-corrected chi connectivity index (χ0v) is 25.0. The summed E-state index contributed by atoms with van der Waals surface area (Å²) in [6.07, 6.45) is 10.0. The smallest absolute Gasteiger partial charge is 0.306 e. The first-order valence-electron chi connectivity index (χ1n) is 15.1. The number of rotatable bonds is 11. The first-order chi connectivity index (χ1) is 18.7. The molecule has 4 aliphatic carbocycles. The van der Waals surface area contributed by atoms with Crippen molar-refractivity contribution in [2.45, 2.75) is 122 Å². The van der Waals surface area contributed by atoms with Gasteiger partial charge in [0.1, 0.15) is 11.7 Å². The topological polar surface area (TPSA) is 130 Å². The fourth-order valence-electron chi connectivity index (χ4n) is 8.47. The van der Waals surface area contributed by atoms with Gasteiger partial charge in [-0.15, -0.1) is 0 Å². The molecule has 8 atom stereocenters. The van der Waals surface area contributed by atoms with Crippen LogP contribution in [-0.2, 0) is 23.9 Å². The number of Topliss-reactive ketones (excluding diaryl/α,β-unsaturated/α-hetero) is 1. The highest BCUT2D eigenvalue weighted by molar-refractivity contribution is 6.04. The highest BCUT2D eigenvalue weighted by Gasteiger charge is 2.87. The maximum Gasteiger partial charge on any atom is 0.306 e. The van der Waals surface area contributed by atoms with Crippen molar-refractivity contribution in [1.29, 1.82) is 0 Å². The third kappa shape index (κ3) is 4.58. The van der Waals surface area contributed by atoms with Gasteiger partial charge in [0.15, 0.2) is 11.4 Å². The zero-order valence-electron chi connectivity index (χ0n) is 25.0. The number of ether oxygens (including phenoxy) is 2. The number of unbranched alkanes of at least 4 members (excludes halogenated alkanes) is 6. The van der Waals surface area contributed by atoms with Crippen LogP contribution in [0.25, 0.3) is 0 Å². The second kappa shape index (κ2) is 11.0. The van der Waals surface area contributed by atoms with Gasteiger partial charge >= 0.3 is 11.9 Å². The number of hydrogen-bond donors (Lipinski definition) is 3. The molecule has 8 nitrogen and oxygen atoms in total. The van der Waals surface area contributed by atoms with Gasteiger partial charge in [-0.1, -0.05) is 78.4 Å². The summed E-state index contributed by atoms with van der Waals surface area (Å²) in [7, 11) is 0. The Hall–Kier alpha value is -2.03. The molecule has 40 heavy (non-hydrogen) atoms. The first kappa shape index (κ1) is 30.9. The number of aliphatic hydroxyl groups excluding tert-OH is 1. The third-order valence-electron chi connectivity index (χ3n) is 10.5. The Kier molecular flexibility index (Phi) is 8.50. The lowest BCUT2D eigenvalue weighted by molar-refractivity contribution is -0.228. The standard InChI is InChI=1S/C32H48O8/c1-7-8-9-10-11-12-13-14-25(35)40-32-26(29(32,5)6)23-16-22(18-33)17-30(37)24(15-19(2)27(30)36)31(23,38)20(3)28(32)39-21(4)34/h15-16,20,23-24,26,28,33,37-38H,7-14,17-18H2,1-6H3/t20-,23+,24-,26+,28-,30-,31-,32-/m1/s1. The molecule has 4 aliphatic rings. The van der Waals surface area contributed by atoms with E-state index in [4.69, 9.17) is 9.47 Å². The lowest BCUT2D eigenvalue weighted by atomic mass is 9.59. The summed E-state index contributed by atoms with van der Waals surface area (Å²) in [4.78, 5) is 38.9. The quantitative estimate of drug-likeness (QED) is 0.195. The van der Waals surface area contributed by atoms with Crippen LogP contribution in [0.4, 0.5) is 0 Å². The number of esters is 2. The number of carbonyl (C=O) groups excluding carboxylic acids is 3. The monoisotopic (exact) mass is 560 g/mol. The molecule has 4 rings (SSSR count). The van der Waals surface area contributed by atoms with Crippen LogP contribution in [0.1, 0.15) is 99.3 Å². The Morgan fingerprint density at radius 1 is 1.05 bits per heavy atom. The second-order valence-electron chi connectivity index (χ2n) is 13.3. The molecular formula is C32H48O8. The van der Waals surface area contributed by atoms with Crippen LogP contribution in [0.15, 0.2) is 23.3 Å². The Balaban J connectivity index is 1.68. The lowest BCUT2D eigenvalue weighted by Crippen LogP contribution is -2.66. The van der Waals surface area contributed by atoms with E-state index in [0.29, 0.717) is 17.6 Å². The minimum atomic E-state index is -1.93. The molecule has 0 radical (unpaired) electrons. The van der Waals surface area contributed by atoms with Gasteiger partial charge in [0.2, 0.25) is 0 Å². The Morgan fingerprint density at radius 3 is 2.27 bits per heavy atom. The molecule has 0 bridgehead atoms. The van der Waals surface area contributed by atoms with Gasteiger partial charge in [0, 0.05) is 48.9 Å². The third-order valence-corrected chi connectivity index (χ3v) is 10.5. The summed E-state index contributed by atoms with van der Waals surface area (Å²) in [5, 5.41) is 34.6. The minimum absolute atomic E-state index is 0.108. The first-order valence-corrected chi connectivity index (χ1v) is 15.1. The highest BCUT2D eigenvalue weighted by atomic mass is 16.6. The molecule has 0 spiro atoms. The van der Waals surface area contributed by atoms with Crippen molar-refractivity contribution >= 4 is 17.7 Å². The maximum atomic E-state index is 13.3. The molecule has 0 heterocycles. The van der Waals surface area contributed by atoms with Gasteiger partial charge < -0.3 is 24.8 Å². The zero-order chi connectivity index (χ0) is 29.7. The normalized spacial score (nSPS) is 39.2. The van der Waals surface area contributed by atoms with E-state index in [1.165, 1.54) is 26.2 Å². The van der Waals surface area contributed by atoms with Crippen molar-refractivity contribution in [3.63, 3.8) is 0 Å². The minimum Gasteiger partial charge on any atom is -0.458 e. The molecule has 8 heteroatoms. The molecule has 0 aromatic carbocycles. The van der Waals surface area contributed by atoms with Crippen molar-refractivity contribution in [3.8, 4) is 0 Å². The highest BCUT2D eigenvalue weighted by Crippen LogP contribution is 2.77. The molecule has 2 saturated carbocycles. The predicted molar refractivity (Wildman–Crippen MR) is 149 cm³/mol. The average molecular weight is 561 g/mol. The number of aliphatic hydroxyl groups is 3. The number of ketones is 1. The van der Waals surface area contributed by atoms with Crippen LogP contribution < -0.4 is 0 Å². The average Bonchev–Trinajstić information content (AvgIpc) is 3.31. The molecule has 0 aliphatic heterocycles. The van der Waals surface area contributed by atoms with Gasteiger partial charge in [-0.05, 0) is 24.5 Å². The molecular weight excluding hydrogens is 512 g/mol. The van der Waals surface area contributed by atoms with E-state index >= 15 is 0 Å². The molecule has 3 N–H and O–H groups in total. The molecule has 224 valence electrons. The Bertz CT molecular complexity index is 1090. The predicted octanol–water partition coefficient (Wildman–Crippen LogP) is 4.19. The van der Waals surface area contributed by atoms with Crippen LogP contribution >= 0.6 is 0 Å². The summed E-state index contributed by atoms with van der Waals surface area (Å²) >= 11 is 0. The summed E-state index contributed by atoms with van der Waals surface area (Å²) in [5.74, 6) is -4.30. The number of carbonyl (C=O) groups is 3. The fourth-order valence-corrected chi connectivity index (χ4v) is 8.47. The number of hydrogen-bond acceptors (Lipinski definition) is 8. The van der Waals surface area contributed by atoms with E-state index in [9.17, 15) is 29.7 Å².